The van der Waals surface area contributed by atoms with Gasteiger partial charge in [0, 0.05) is 31.0 Å². The van der Waals surface area contributed by atoms with Crippen molar-refractivity contribution >= 4 is 28.8 Å². The number of ketones is 1. The fourth-order valence-electron chi connectivity index (χ4n) is 4.25. The Kier molecular flexibility index (Phi) is 7.01. The van der Waals surface area contributed by atoms with Crippen LogP contribution in [-0.4, -0.2) is 44.1 Å². The van der Waals surface area contributed by atoms with Crippen LogP contribution in [0.3, 0.4) is 0 Å². The van der Waals surface area contributed by atoms with Crippen molar-refractivity contribution < 1.29 is 24.2 Å². The molecule has 1 heterocycles. The monoisotopic (exact) mass is 486 g/mol. The number of aliphatic hydroxyl groups is 1. The summed E-state index contributed by atoms with van der Waals surface area (Å²) in [7, 11) is 5.38. The van der Waals surface area contributed by atoms with Gasteiger partial charge in [-0.05, 0) is 67.9 Å². The van der Waals surface area contributed by atoms with E-state index in [4.69, 9.17) is 9.47 Å². The normalized spacial score (nSPS) is 16.9. The number of anilines is 2. The molecule has 1 aliphatic rings. The molecule has 3 aromatic rings. The van der Waals surface area contributed by atoms with Crippen molar-refractivity contribution in [2.45, 2.75) is 26.0 Å². The van der Waals surface area contributed by atoms with E-state index >= 15 is 0 Å². The fraction of sp³-hybridized carbons (Fsp3) is 0.241. The molecule has 7 heteroatoms. The molecule has 0 radical (unpaired) electrons. The van der Waals surface area contributed by atoms with Crippen molar-refractivity contribution in [1.29, 1.82) is 0 Å². The lowest BCUT2D eigenvalue weighted by Gasteiger charge is -2.26. The molecular weight excluding hydrogens is 456 g/mol. The molecule has 1 fully saturated rings. The van der Waals surface area contributed by atoms with E-state index in [1.165, 1.54) is 12.0 Å². The number of methoxy groups -OCH3 is 1. The third-order valence-corrected chi connectivity index (χ3v) is 6.00. The van der Waals surface area contributed by atoms with Crippen LogP contribution >= 0.6 is 0 Å². The van der Waals surface area contributed by atoms with E-state index in [0.29, 0.717) is 28.3 Å². The highest BCUT2D eigenvalue weighted by Crippen LogP contribution is 2.43. The summed E-state index contributed by atoms with van der Waals surface area (Å²) in [5.74, 6) is -0.510. The number of amides is 1. The predicted octanol–water partition coefficient (Wildman–Crippen LogP) is 5.17. The van der Waals surface area contributed by atoms with Gasteiger partial charge in [-0.2, -0.15) is 0 Å². The van der Waals surface area contributed by atoms with Gasteiger partial charge in [0.15, 0.2) is 0 Å². The molecule has 1 amide bonds. The molecule has 0 aliphatic carbocycles. The minimum atomic E-state index is -0.825. The topological polar surface area (TPSA) is 79.3 Å². The third kappa shape index (κ3) is 4.77. The molecule has 0 bridgehead atoms. The quantitative estimate of drug-likeness (QED) is 0.282. The summed E-state index contributed by atoms with van der Waals surface area (Å²) in [5, 5.41) is 11.3. The summed E-state index contributed by atoms with van der Waals surface area (Å²) in [4.78, 5) is 30.1. The molecular formula is C29H30N2O5. The third-order valence-electron chi connectivity index (χ3n) is 6.00. The number of hydrogen-bond acceptors (Lipinski definition) is 6. The number of rotatable bonds is 7. The second kappa shape index (κ2) is 10.2. The van der Waals surface area contributed by atoms with E-state index in [9.17, 15) is 14.7 Å². The smallest absolute Gasteiger partial charge is 0.300 e. The van der Waals surface area contributed by atoms with Crippen LogP contribution < -0.4 is 19.3 Å². The standard InChI is InChI=1S/C29H30N2O5/c1-18(2)36-23-15-9-19(10-16-23)26-25(27(32)20-7-6-8-24(17-20)35-5)28(33)29(34)31(26)22-13-11-21(12-14-22)30(3)4/h6-18,26,32H,1-5H3/b27-25+. The Hall–Kier alpha value is -4.26. The molecule has 0 aromatic heterocycles. The van der Waals surface area contributed by atoms with Crippen LogP contribution in [0.25, 0.3) is 5.76 Å². The number of hydrogen-bond donors (Lipinski definition) is 1. The van der Waals surface area contributed by atoms with Crippen LogP contribution in [0.5, 0.6) is 11.5 Å². The van der Waals surface area contributed by atoms with Gasteiger partial charge < -0.3 is 19.5 Å². The molecule has 1 aliphatic heterocycles. The van der Waals surface area contributed by atoms with Gasteiger partial charge in [0.05, 0.1) is 24.8 Å². The van der Waals surface area contributed by atoms with E-state index in [-0.39, 0.29) is 17.4 Å². The van der Waals surface area contributed by atoms with Crippen LogP contribution in [-0.2, 0) is 9.59 Å². The lowest BCUT2D eigenvalue weighted by molar-refractivity contribution is -0.132. The molecule has 4 rings (SSSR count). The lowest BCUT2D eigenvalue weighted by atomic mass is 9.95. The molecule has 7 nitrogen and oxygen atoms in total. The average molecular weight is 487 g/mol. The van der Waals surface area contributed by atoms with Gasteiger partial charge in [-0.1, -0.05) is 24.3 Å². The number of nitrogens with zero attached hydrogens (tertiary/aromatic N) is 2. The number of carbonyl (C=O) groups excluding carboxylic acids is 2. The van der Waals surface area contributed by atoms with E-state index in [1.54, 1.807) is 48.5 Å². The SMILES string of the molecule is COc1cccc(/C(O)=C2\C(=O)C(=O)N(c3ccc(N(C)C)cc3)C2c2ccc(OC(C)C)cc2)c1. The summed E-state index contributed by atoms with van der Waals surface area (Å²) >= 11 is 0. The Bertz CT molecular complexity index is 1290. The van der Waals surface area contributed by atoms with Gasteiger partial charge in [0.25, 0.3) is 11.7 Å². The first-order chi connectivity index (χ1) is 17.2. The Labute approximate surface area is 211 Å². The Morgan fingerprint density at radius 1 is 0.944 bits per heavy atom. The van der Waals surface area contributed by atoms with Crippen molar-refractivity contribution in [3.63, 3.8) is 0 Å². The van der Waals surface area contributed by atoms with Crippen molar-refractivity contribution in [3.05, 3.63) is 89.5 Å². The number of ether oxygens (including phenoxy) is 2. The van der Waals surface area contributed by atoms with Gasteiger partial charge in [-0.3, -0.25) is 14.5 Å². The summed E-state index contributed by atoms with van der Waals surface area (Å²) < 4.78 is 11.0. The summed E-state index contributed by atoms with van der Waals surface area (Å²) in [5.41, 5.74) is 2.59. The molecule has 1 N–H and O–H groups in total. The molecule has 0 saturated carbocycles. The van der Waals surface area contributed by atoms with Gasteiger partial charge in [0.2, 0.25) is 0 Å². The van der Waals surface area contributed by atoms with Crippen molar-refractivity contribution in [1.82, 2.24) is 0 Å². The van der Waals surface area contributed by atoms with Gasteiger partial charge >= 0.3 is 0 Å². The molecule has 1 saturated heterocycles. The van der Waals surface area contributed by atoms with E-state index in [2.05, 4.69) is 0 Å². The number of benzene rings is 3. The van der Waals surface area contributed by atoms with Crippen molar-refractivity contribution in [3.8, 4) is 11.5 Å². The number of carbonyl (C=O) groups is 2. The van der Waals surface area contributed by atoms with Gasteiger partial charge in [-0.25, -0.2) is 0 Å². The fourth-order valence-corrected chi connectivity index (χ4v) is 4.25. The maximum Gasteiger partial charge on any atom is 0.300 e. The first-order valence-electron chi connectivity index (χ1n) is 11.7. The Morgan fingerprint density at radius 2 is 1.61 bits per heavy atom. The minimum absolute atomic E-state index is 0.00441. The van der Waals surface area contributed by atoms with Crippen LogP contribution in [0.15, 0.2) is 78.4 Å². The number of aliphatic hydroxyl groups excluding tert-OH is 1. The maximum atomic E-state index is 13.4. The zero-order chi connectivity index (χ0) is 26.0. The molecule has 3 aromatic carbocycles. The highest BCUT2D eigenvalue weighted by Gasteiger charge is 2.47. The molecule has 1 atom stereocenters. The second-order valence-corrected chi connectivity index (χ2v) is 9.05. The van der Waals surface area contributed by atoms with Gasteiger partial charge in [0.1, 0.15) is 17.3 Å². The summed E-state index contributed by atoms with van der Waals surface area (Å²) in [6.45, 7) is 3.88. The highest BCUT2D eigenvalue weighted by molar-refractivity contribution is 6.51. The van der Waals surface area contributed by atoms with Crippen LogP contribution in [0.2, 0.25) is 0 Å². The highest BCUT2D eigenvalue weighted by atomic mass is 16.5. The second-order valence-electron chi connectivity index (χ2n) is 9.05. The Balaban J connectivity index is 1.87. The molecule has 36 heavy (non-hydrogen) atoms. The molecule has 0 spiro atoms. The predicted molar refractivity (Wildman–Crippen MR) is 141 cm³/mol. The first kappa shape index (κ1) is 24.9. The van der Waals surface area contributed by atoms with Crippen molar-refractivity contribution in [2.24, 2.45) is 0 Å². The Morgan fingerprint density at radius 3 is 2.19 bits per heavy atom. The van der Waals surface area contributed by atoms with Crippen LogP contribution in [0, 0.1) is 0 Å². The summed E-state index contributed by atoms with van der Waals surface area (Å²) in [6.07, 6.45) is 0.00441. The van der Waals surface area contributed by atoms with Crippen molar-refractivity contribution in [2.75, 3.05) is 31.0 Å². The van der Waals surface area contributed by atoms with Gasteiger partial charge in [-0.15, -0.1) is 0 Å². The minimum Gasteiger partial charge on any atom is -0.507 e. The number of Topliss-reactive ketones (excluding diaryl/α,β-unsaturated/α-hetero) is 1. The largest absolute Gasteiger partial charge is 0.507 e. The van der Waals surface area contributed by atoms with E-state index in [1.807, 2.05) is 57.1 Å². The van der Waals surface area contributed by atoms with Crippen LogP contribution in [0.4, 0.5) is 11.4 Å². The summed E-state index contributed by atoms with van der Waals surface area (Å²) in [6, 6.07) is 20.5. The zero-order valence-corrected chi connectivity index (χ0v) is 21.1. The zero-order valence-electron chi connectivity index (χ0n) is 21.1. The first-order valence-corrected chi connectivity index (χ1v) is 11.7. The van der Waals surface area contributed by atoms with Crippen LogP contribution in [0.1, 0.15) is 31.0 Å². The van der Waals surface area contributed by atoms with E-state index in [0.717, 1.165) is 5.69 Å². The van der Waals surface area contributed by atoms with E-state index < -0.39 is 17.7 Å². The maximum absolute atomic E-state index is 13.4. The lowest BCUT2D eigenvalue weighted by Crippen LogP contribution is -2.29. The average Bonchev–Trinajstić information content (AvgIpc) is 3.14. The molecule has 1 unspecified atom stereocenters. The molecule has 186 valence electrons.